The summed E-state index contributed by atoms with van der Waals surface area (Å²) in [5.74, 6) is 0.790. The fourth-order valence-electron chi connectivity index (χ4n) is 2.78. The first-order valence-electron chi connectivity index (χ1n) is 8.25. The number of para-hydroxylation sites is 1. The second kappa shape index (κ2) is 9.45. The molecule has 1 aromatic carbocycles. The number of rotatable bonds is 6. The van der Waals surface area contributed by atoms with Crippen molar-refractivity contribution in [3.63, 3.8) is 0 Å². The summed E-state index contributed by atoms with van der Waals surface area (Å²) in [4.78, 5) is 7.97. The lowest BCUT2D eigenvalue weighted by molar-refractivity contribution is 0.412. The number of halogens is 1. The Hall–Kier alpha value is -2.03. The molecule has 3 aromatic rings. The SMILES string of the molecule is CCNC(=NCc1ccon1)NCCc1c(C)[nH]c2ccccc12.I. The summed E-state index contributed by atoms with van der Waals surface area (Å²) < 4.78 is 4.83. The molecule has 134 valence electrons. The van der Waals surface area contributed by atoms with Gasteiger partial charge in [-0.2, -0.15) is 0 Å². The molecule has 2 heterocycles. The number of guanidine groups is 1. The van der Waals surface area contributed by atoms with Gasteiger partial charge in [-0.25, -0.2) is 4.99 Å². The van der Waals surface area contributed by atoms with Gasteiger partial charge in [0, 0.05) is 35.8 Å². The molecule has 0 aliphatic heterocycles. The Morgan fingerprint density at radius 1 is 1.24 bits per heavy atom. The van der Waals surface area contributed by atoms with E-state index < -0.39 is 0 Å². The van der Waals surface area contributed by atoms with Gasteiger partial charge in [0.05, 0.1) is 6.54 Å². The quantitative estimate of drug-likeness (QED) is 0.304. The summed E-state index contributed by atoms with van der Waals surface area (Å²) >= 11 is 0. The summed E-state index contributed by atoms with van der Waals surface area (Å²) in [5, 5.41) is 11.8. The van der Waals surface area contributed by atoms with Gasteiger partial charge >= 0.3 is 0 Å². The summed E-state index contributed by atoms with van der Waals surface area (Å²) in [5.41, 5.74) is 4.59. The maximum Gasteiger partial charge on any atom is 0.191 e. The van der Waals surface area contributed by atoms with Gasteiger partial charge in [0.1, 0.15) is 12.0 Å². The molecule has 0 amide bonds. The number of aryl methyl sites for hydroxylation is 1. The highest BCUT2D eigenvalue weighted by Crippen LogP contribution is 2.21. The van der Waals surface area contributed by atoms with Gasteiger partial charge in [0.25, 0.3) is 0 Å². The Morgan fingerprint density at radius 3 is 2.84 bits per heavy atom. The highest BCUT2D eigenvalue weighted by molar-refractivity contribution is 14.0. The van der Waals surface area contributed by atoms with Gasteiger partial charge in [-0.15, -0.1) is 24.0 Å². The molecular formula is C18H24IN5O. The number of aliphatic imine (C=N–C) groups is 1. The number of benzene rings is 1. The van der Waals surface area contributed by atoms with E-state index >= 15 is 0 Å². The molecule has 0 saturated carbocycles. The zero-order valence-electron chi connectivity index (χ0n) is 14.5. The Kier molecular flexibility index (Phi) is 7.30. The van der Waals surface area contributed by atoms with Crippen LogP contribution in [0, 0.1) is 6.92 Å². The van der Waals surface area contributed by atoms with Gasteiger partial charge in [0.2, 0.25) is 0 Å². The van der Waals surface area contributed by atoms with Crippen molar-refractivity contribution in [1.82, 2.24) is 20.8 Å². The Bertz CT molecular complexity index is 810. The lowest BCUT2D eigenvalue weighted by atomic mass is 10.1. The maximum atomic E-state index is 4.83. The van der Waals surface area contributed by atoms with Crippen molar-refractivity contribution in [2.45, 2.75) is 26.8 Å². The van der Waals surface area contributed by atoms with Crippen LogP contribution in [0.4, 0.5) is 0 Å². The van der Waals surface area contributed by atoms with E-state index in [1.807, 2.05) is 6.07 Å². The number of hydrogen-bond donors (Lipinski definition) is 3. The lowest BCUT2D eigenvalue weighted by Crippen LogP contribution is -2.38. The van der Waals surface area contributed by atoms with E-state index in [-0.39, 0.29) is 24.0 Å². The molecule has 0 unspecified atom stereocenters. The standard InChI is InChI=1S/C18H23N5O.HI/c1-3-19-18(21-12-14-9-11-24-23-14)20-10-8-15-13(2)22-17-7-5-4-6-16(15)17;/h4-7,9,11,22H,3,8,10,12H2,1-2H3,(H2,19,20,21);1H. The van der Waals surface area contributed by atoms with Crippen LogP contribution in [0.25, 0.3) is 10.9 Å². The van der Waals surface area contributed by atoms with Gasteiger partial charge in [-0.1, -0.05) is 23.4 Å². The number of aromatic nitrogens is 2. The van der Waals surface area contributed by atoms with Crippen molar-refractivity contribution in [1.29, 1.82) is 0 Å². The first kappa shape index (κ1) is 19.3. The van der Waals surface area contributed by atoms with Crippen molar-refractivity contribution >= 4 is 40.8 Å². The molecular weight excluding hydrogens is 429 g/mol. The molecule has 0 atom stereocenters. The van der Waals surface area contributed by atoms with Crippen LogP contribution < -0.4 is 10.6 Å². The minimum atomic E-state index is 0. The van der Waals surface area contributed by atoms with E-state index in [0.29, 0.717) is 6.54 Å². The highest BCUT2D eigenvalue weighted by Gasteiger charge is 2.08. The fraction of sp³-hybridized carbons (Fsp3) is 0.333. The average molecular weight is 453 g/mol. The number of aromatic amines is 1. The Morgan fingerprint density at radius 2 is 2.08 bits per heavy atom. The lowest BCUT2D eigenvalue weighted by Gasteiger charge is -2.11. The van der Waals surface area contributed by atoms with Crippen LogP contribution in [0.15, 0.2) is 46.1 Å². The monoisotopic (exact) mass is 453 g/mol. The van der Waals surface area contributed by atoms with Crippen LogP contribution in [-0.4, -0.2) is 29.2 Å². The Labute approximate surface area is 164 Å². The molecule has 2 aromatic heterocycles. The fourth-order valence-corrected chi connectivity index (χ4v) is 2.78. The van der Waals surface area contributed by atoms with Crippen molar-refractivity contribution in [3.05, 3.63) is 53.5 Å². The second-order valence-corrected chi connectivity index (χ2v) is 5.64. The number of nitrogens with one attached hydrogen (secondary N) is 3. The molecule has 3 N–H and O–H groups in total. The van der Waals surface area contributed by atoms with E-state index in [1.54, 1.807) is 6.26 Å². The molecule has 0 aliphatic rings. The Balaban J connectivity index is 0.00000225. The van der Waals surface area contributed by atoms with Crippen molar-refractivity contribution in [3.8, 4) is 0 Å². The predicted molar refractivity (Wildman–Crippen MR) is 111 cm³/mol. The third-order valence-electron chi connectivity index (χ3n) is 3.93. The molecule has 0 fully saturated rings. The van der Waals surface area contributed by atoms with Crippen LogP contribution in [0.2, 0.25) is 0 Å². The first-order chi connectivity index (χ1) is 11.8. The molecule has 3 rings (SSSR count). The van der Waals surface area contributed by atoms with E-state index in [0.717, 1.165) is 31.2 Å². The molecule has 25 heavy (non-hydrogen) atoms. The normalized spacial score (nSPS) is 11.4. The van der Waals surface area contributed by atoms with Crippen molar-refractivity contribution in [2.24, 2.45) is 4.99 Å². The molecule has 0 saturated heterocycles. The van der Waals surface area contributed by atoms with Crippen LogP contribution in [0.5, 0.6) is 0 Å². The van der Waals surface area contributed by atoms with E-state index in [4.69, 9.17) is 4.52 Å². The van der Waals surface area contributed by atoms with Crippen LogP contribution in [0.3, 0.4) is 0 Å². The van der Waals surface area contributed by atoms with Crippen molar-refractivity contribution in [2.75, 3.05) is 13.1 Å². The summed E-state index contributed by atoms with van der Waals surface area (Å²) in [7, 11) is 0. The van der Waals surface area contributed by atoms with E-state index in [2.05, 4.69) is 63.9 Å². The third kappa shape index (κ3) is 4.97. The number of nitrogens with zero attached hydrogens (tertiary/aromatic N) is 2. The zero-order chi connectivity index (χ0) is 16.8. The van der Waals surface area contributed by atoms with E-state index in [1.165, 1.54) is 22.2 Å². The number of hydrogen-bond acceptors (Lipinski definition) is 3. The highest BCUT2D eigenvalue weighted by atomic mass is 127. The largest absolute Gasteiger partial charge is 0.364 e. The smallest absolute Gasteiger partial charge is 0.191 e. The van der Waals surface area contributed by atoms with Gasteiger partial charge in [-0.05, 0) is 31.9 Å². The van der Waals surface area contributed by atoms with Gasteiger partial charge in [-0.3, -0.25) is 0 Å². The van der Waals surface area contributed by atoms with Gasteiger partial charge in [0.15, 0.2) is 5.96 Å². The van der Waals surface area contributed by atoms with Crippen LogP contribution in [-0.2, 0) is 13.0 Å². The zero-order valence-corrected chi connectivity index (χ0v) is 16.8. The summed E-state index contributed by atoms with van der Waals surface area (Å²) in [6, 6.07) is 10.2. The molecule has 7 heteroatoms. The first-order valence-corrected chi connectivity index (χ1v) is 8.25. The topological polar surface area (TPSA) is 78.2 Å². The summed E-state index contributed by atoms with van der Waals surface area (Å²) in [6.45, 7) is 6.30. The predicted octanol–water partition coefficient (Wildman–Crippen LogP) is 3.38. The number of H-pyrrole nitrogens is 1. The van der Waals surface area contributed by atoms with Crippen LogP contribution >= 0.6 is 24.0 Å². The average Bonchev–Trinajstić information content (AvgIpc) is 3.20. The van der Waals surface area contributed by atoms with Gasteiger partial charge < -0.3 is 20.1 Å². The second-order valence-electron chi connectivity index (χ2n) is 5.64. The van der Waals surface area contributed by atoms with Crippen LogP contribution in [0.1, 0.15) is 23.9 Å². The molecule has 6 nitrogen and oxygen atoms in total. The van der Waals surface area contributed by atoms with Crippen molar-refractivity contribution < 1.29 is 4.52 Å². The molecule has 0 radical (unpaired) electrons. The third-order valence-corrected chi connectivity index (χ3v) is 3.93. The minimum Gasteiger partial charge on any atom is -0.364 e. The molecule has 0 aliphatic carbocycles. The molecule has 0 spiro atoms. The number of fused-ring (bicyclic) bond motifs is 1. The summed E-state index contributed by atoms with van der Waals surface area (Å²) in [6.07, 6.45) is 2.50. The van der Waals surface area contributed by atoms with E-state index in [9.17, 15) is 0 Å². The molecule has 0 bridgehead atoms. The minimum absolute atomic E-state index is 0. The maximum absolute atomic E-state index is 4.83.